The average molecular weight is 500 g/mol. The number of hydrogen-bond donors (Lipinski definition) is 2. The number of carboxylic acids is 1. The Balaban J connectivity index is 2.25. The highest BCUT2D eigenvalue weighted by Crippen LogP contribution is 2.39. The molecule has 134 valence electrons. The van der Waals surface area contributed by atoms with Gasteiger partial charge in [-0.2, -0.15) is 0 Å². The van der Waals surface area contributed by atoms with E-state index in [4.69, 9.17) is 5.11 Å². The van der Waals surface area contributed by atoms with Gasteiger partial charge in [0.05, 0.1) is 11.3 Å². The molecule has 0 unspecified atom stereocenters. The maximum atomic E-state index is 13.3. The van der Waals surface area contributed by atoms with Crippen molar-refractivity contribution in [2.45, 2.75) is 16.2 Å². The predicted octanol–water partition coefficient (Wildman–Crippen LogP) is 4.53. The summed E-state index contributed by atoms with van der Waals surface area (Å²) in [4.78, 5) is 11.0. The third kappa shape index (κ3) is 3.36. The van der Waals surface area contributed by atoms with E-state index >= 15 is 0 Å². The molecule has 0 saturated heterocycles. The highest BCUT2D eigenvalue weighted by molar-refractivity contribution is 9.11. The summed E-state index contributed by atoms with van der Waals surface area (Å²) in [6, 6.07) is 12.3. The Morgan fingerprint density at radius 2 is 1.54 bits per heavy atom. The van der Waals surface area contributed by atoms with Crippen LogP contribution in [0.25, 0.3) is 10.8 Å². The summed E-state index contributed by atoms with van der Waals surface area (Å²) in [5, 5.41) is 19.8. The molecular weight excluding hydrogens is 488 g/mol. The van der Waals surface area contributed by atoms with Crippen LogP contribution in [0.3, 0.4) is 0 Å². The molecule has 0 radical (unpaired) electrons. The van der Waals surface area contributed by atoms with Crippen molar-refractivity contribution in [2.24, 2.45) is 0 Å². The number of fused-ring (bicyclic) bond motifs is 1. The monoisotopic (exact) mass is 498 g/mol. The Hall–Kier alpha value is -1.90. The second-order valence-corrected chi connectivity index (χ2v) is 9.15. The van der Waals surface area contributed by atoms with Crippen LogP contribution in [-0.2, 0) is 21.1 Å². The highest BCUT2D eigenvalue weighted by atomic mass is 79.9. The standard InChI is InChI=1S/C18H12Br2O5S/c19-13-7-10(9-17(22)23)8-14(20)18(13)26(24,25)16-6-5-15(21)11-3-1-2-4-12(11)16/h1-8,21H,9H2,(H,22,23). The molecule has 0 spiro atoms. The number of rotatable bonds is 4. The minimum absolute atomic E-state index is 0.00230. The van der Waals surface area contributed by atoms with Crippen LogP contribution in [-0.4, -0.2) is 24.6 Å². The van der Waals surface area contributed by atoms with Gasteiger partial charge in [-0.3, -0.25) is 4.79 Å². The summed E-state index contributed by atoms with van der Waals surface area (Å²) in [6.07, 6.45) is -0.223. The first-order valence-electron chi connectivity index (χ1n) is 7.37. The molecule has 0 amide bonds. The summed E-state index contributed by atoms with van der Waals surface area (Å²) in [5.41, 5.74) is 0.464. The average Bonchev–Trinajstić information content (AvgIpc) is 2.53. The van der Waals surface area contributed by atoms with Gasteiger partial charge in [-0.1, -0.05) is 24.3 Å². The van der Waals surface area contributed by atoms with Crippen LogP contribution >= 0.6 is 31.9 Å². The van der Waals surface area contributed by atoms with E-state index in [2.05, 4.69) is 31.9 Å². The van der Waals surface area contributed by atoms with Gasteiger partial charge in [-0.25, -0.2) is 8.42 Å². The molecule has 0 fully saturated rings. The fourth-order valence-electron chi connectivity index (χ4n) is 2.75. The first-order valence-corrected chi connectivity index (χ1v) is 10.4. The van der Waals surface area contributed by atoms with Crippen molar-refractivity contribution in [2.75, 3.05) is 0 Å². The number of carbonyl (C=O) groups is 1. The number of hydrogen-bond acceptors (Lipinski definition) is 4. The highest BCUT2D eigenvalue weighted by Gasteiger charge is 2.27. The lowest BCUT2D eigenvalue weighted by Gasteiger charge is -2.13. The number of benzene rings is 3. The first-order chi connectivity index (χ1) is 12.2. The SMILES string of the molecule is O=C(O)Cc1cc(Br)c(S(=O)(=O)c2ccc(O)c3ccccc23)c(Br)c1. The van der Waals surface area contributed by atoms with Crippen molar-refractivity contribution in [1.82, 2.24) is 0 Å². The molecule has 0 heterocycles. The number of aliphatic carboxylic acids is 1. The lowest BCUT2D eigenvalue weighted by Crippen LogP contribution is -2.07. The van der Waals surface area contributed by atoms with E-state index in [1.54, 1.807) is 24.3 Å². The van der Waals surface area contributed by atoms with Crippen LogP contribution < -0.4 is 0 Å². The normalized spacial score (nSPS) is 11.6. The van der Waals surface area contributed by atoms with Crippen molar-refractivity contribution in [3.05, 3.63) is 63.0 Å². The van der Waals surface area contributed by atoms with Crippen LogP contribution in [0.5, 0.6) is 5.75 Å². The van der Waals surface area contributed by atoms with Crippen LogP contribution in [0.4, 0.5) is 0 Å². The van der Waals surface area contributed by atoms with E-state index in [0.717, 1.165) is 0 Å². The second kappa shape index (κ2) is 7.02. The van der Waals surface area contributed by atoms with Gasteiger partial charge in [-0.05, 0) is 61.7 Å². The van der Waals surface area contributed by atoms with Gasteiger partial charge in [0.25, 0.3) is 0 Å². The summed E-state index contributed by atoms with van der Waals surface area (Å²) in [7, 11) is -3.94. The molecule has 3 rings (SSSR count). The number of carboxylic acid groups (broad SMARTS) is 1. The van der Waals surface area contributed by atoms with E-state index in [1.165, 1.54) is 24.3 Å². The number of halogens is 2. The summed E-state index contributed by atoms with van der Waals surface area (Å²) >= 11 is 6.50. The molecule has 0 aliphatic carbocycles. The smallest absolute Gasteiger partial charge is 0.307 e. The molecule has 0 saturated carbocycles. The molecule has 3 aromatic rings. The fraction of sp³-hybridized carbons (Fsp3) is 0.0556. The number of phenolic OH excluding ortho intramolecular Hbond substituents is 1. The molecule has 2 N–H and O–H groups in total. The van der Waals surface area contributed by atoms with Gasteiger partial charge in [0.2, 0.25) is 9.84 Å². The van der Waals surface area contributed by atoms with Crippen LogP contribution in [0.1, 0.15) is 5.56 Å². The van der Waals surface area contributed by atoms with Gasteiger partial charge in [-0.15, -0.1) is 0 Å². The first kappa shape index (κ1) is 18.9. The molecule has 0 atom stereocenters. The number of phenols is 1. The topological polar surface area (TPSA) is 91.7 Å². The quantitative estimate of drug-likeness (QED) is 0.550. The van der Waals surface area contributed by atoms with E-state index in [9.17, 15) is 18.3 Å². The molecule has 3 aromatic carbocycles. The second-order valence-electron chi connectivity index (χ2n) is 5.59. The van der Waals surface area contributed by atoms with Crippen LogP contribution in [0.2, 0.25) is 0 Å². The Kier molecular flexibility index (Phi) is 5.09. The molecule has 0 aromatic heterocycles. The molecule has 26 heavy (non-hydrogen) atoms. The van der Waals surface area contributed by atoms with Gasteiger partial charge < -0.3 is 10.2 Å². The van der Waals surface area contributed by atoms with E-state index in [0.29, 0.717) is 16.3 Å². The molecule has 8 heteroatoms. The van der Waals surface area contributed by atoms with Crippen molar-refractivity contribution >= 4 is 58.4 Å². The summed E-state index contributed by atoms with van der Waals surface area (Å²) < 4.78 is 27.1. The Morgan fingerprint density at radius 3 is 2.12 bits per heavy atom. The van der Waals surface area contributed by atoms with Gasteiger partial charge in [0.15, 0.2) is 0 Å². The van der Waals surface area contributed by atoms with Crippen molar-refractivity contribution in [3.8, 4) is 5.75 Å². The zero-order chi connectivity index (χ0) is 19.1. The van der Waals surface area contributed by atoms with E-state index in [1.807, 2.05) is 0 Å². The zero-order valence-electron chi connectivity index (χ0n) is 13.1. The van der Waals surface area contributed by atoms with Crippen LogP contribution in [0.15, 0.2) is 67.3 Å². The molecule has 0 bridgehead atoms. The molecule has 0 aliphatic rings. The number of aromatic hydroxyl groups is 1. The molecule has 5 nitrogen and oxygen atoms in total. The van der Waals surface area contributed by atoms with E-state index in [-0.39, 0.29) is 30.9 Å². The Morgan fingerprint density at radius 1 is 0.962 bits per heavy atom. The van der Waals surface area contributed by atoms with Gasteiger partial charge >= 0.3 is 5.97 Å². The third-order valence-corrected chi connectivity index (χ3v) is 7.52. The molecule has 0 aliphatic heterocycles. The summed E-state index contributed by atoms with van der Waals surface area (Å²) in [5.74, 6) is -1.02. The molecular formula is C18H12Br2O5S. The fourth-order valence-corrected chi connectivity index (χ4v) is 6.87. The van der Waals surface area contributed by atoms with Crippen molar-refractivity contribution in [3.63, 3.8) is 0 Å². The minimum Gasteiger partial charge on any atom is -0.507 e. The largest absolute Gasteiger partial charge is 0.507 e. The zero-order valence-corrected chi connectivity index (χ0v) is 17.1. The Labute approximate surface area is 166 Å². The van der Waals surface area contributed by atoms with E-state index < -0.39 is 15.8 Å². The minimum atomic E-state index is -3.94. The maximum Gasteiger partial charge on any atom is 0.307 e. The Bertz CT molecular complexity index is 1120. The third-order valence-electron chi connectivity index (χ3n) is 3.83. The summed E-state index contributed by atoms with van der Waals surface area (Å²) in [6.45, 7) is 0. The lowest BCUT2D eigenvalue weighted by atomic mass is 10.1. The van der Waals surface area contributed by atoms with Gasteiger partial charge in [0, 0.05) is 19.7 Å². The maximum absolute atomic E-state index is 13.3. The number of sulfone groups is 1. The van der Waals surface area contributed by atoms with Crippen LogP contribution in [0, 0.1) is 0 Å². The lowest BCUT2D eigenvalue weighted by molar-refractivity contribution is -0.136. The van der Waals surface area contributed by atoms with Gasteiger partial charge in [0.1, 0.15) is 10.6 Å². The van der Waals surface area contributed by atoms with Crippen molar-refractivity contribution in [1.29, 1.82) is 0 Å². The van der Waals surface area contributed by atoms with Crippen molar-refractivity contribution < 1.29 is 23.4 Å². The predicted molar refractivity (Wildman–Crippen MR) is 104 cm³/mol.